The van der Waals surface area contributed by atoms with Crippen LogP contribution in [0.2, 0.25) is 0 Å². The smallest absolute Gasteiger partial charge is 0.0809 e. The molecule has 3 nitrogen and oxygen atoms in total. The van der Waals surface area contributed by atoms with Gasteiger partial charge in [0.2, 0.25) is 0 Å². The van der Waals surface area contributed by atoms with Crippen LogP contribution in [0.15, 0.2) is 24.3 Å². The van der Waals surface area contributed by atoms with Gasteiger partial charge in [-0.05, 0) is 30.9 Å². The van der Waals surface area contributed by atoms with Gasteiger partial charge in [0, 0.05) is 12.3 Å². The van der Waals surface area contributed by atoms with Crippen LogP contribution in [-0.2, 0) is 15.9 Å². The molecule has 2 rings (SSSR count). The van der Waals surface area contributed by atoms with Gasteiger partial charge in [0.25, 0.3) is 0 Å². The van der Waals surface area contributed by atoms with E-state index in [4.69, 9.17) is 15.2 Å². The molecule has 3 heteroatoms. The topological polar surface area (TPSA) is 44.5 Å². The average Bonchev–Trinajstić information content (AvgIpc) is 2.33. The van der Waals surface area contributed by atoms with E-state index in [1.807, 2.05) is 18.2 Å². The molecule has 0 amide bonds. The molecule has 1 unspecified atom stereocenters. The predicted molar refractivity (Wildman–Crippen MR) is 64.4 cm³/mol. The SMILES string of the molecule is Nc1ccccc1CCOC1CCCOC1. The van der Waals surface area contributed by atoms with Crippen LogP contribution in [0.5, 0.6) is 0 Å². The van der Waals surface area contributed by atoms with Crippen molar-refractivity contribution >= 4 is 5.69 Å². The largest absolute Gasteiger partial charge is 0.399 e. The van der Waals surface area contributed by atoms with Crippen molar-refractivity contribution < 1.29 is 9.47 Å². The third-order valence-electron chi connectivity index (χ3n) is 2.90. The number of hydrogen-bond acceptors (Lipinski definition) is 3. The number of ether oxygens (including phenoxy) is 2. The fourth-order valence-electron chi connectivity index (χ4n) is 1.94. The molecule has 1 heterocycles. The first-order valence-corrected chi connectivity index (χ1v) is 5.89. The standard InChI is InChI=1S/C13H19NO2/c14-13-6-2-1-4-11(13)7-9-16-12-5-3-8-15-10-12/h1-2,4,6,12H,3,5,7-10,14H2. The molecule has 0 saturated carbocycles. The van der Waals surface area contributed by atoms with E-state index in [0.717, 1.165) is 44.8 Å². The van der Waals surface area contributed by atoms with E-state index >= 15 is 0 Å². The maximum absolute atomic E-state index is 5.86. The number of nitrogen functional groups attached to an aromatic ring is 1. The Balaban J connectivity index is 1.73. The molecule has 1 saturated heterocycles. The van der Waals surface area contributed by atoms with Crippen LogP contribution in [0.3, 0.4) is 0 Å². The molecule has 88 valence electrons. The van der Waals surface area contributed by atoms with Gasteiger partial charge in [-0.3, -0.25) is 0 Å². The lowest BCUT2D eigenvalue weighted by atomic mass is 10.1. The summed E-state index contributed by atoms with van der Waals surface area (Å²) in [6, 6.07) is 7.94. The number of nitrogens with two attached hydrogens (primary N) is 1. The molecule has 0 bridgehead atoms. The van der Waals surface area contributed by atoms with Gasteiger partial charge in [-0.1, -0.05) is 18.2 Å². The molecule has 1 aromatic carbocycles. The van der Waals surface area contributed by atoms with Gasteiger partial charge in [-0.25, -0.2) is 0 Å². The molecular weight excluding hydrogens is 202 g/mol. The molecule has 16 heavy (non-hydrogen) atoms. The first-order valence-electron chi connectivity index (χ1n) is 5.89. The van der Waals surface area contributed by atoms with Gasteiger partial charge in [-0.15, -0.1) is 0 Å². The zero-order valence-electron chi connectivity index (χ0n) is 9.52. The Kier molecular flexibility index (Phi) is 4.19. The van der Waals surface area contributed by atoms with Gasteiger partial charge in [-0.2, -0.15) is 0 Å². The molecule has 2 N–H and O–H groups in total. The second-order valence-corrected chi connectivity index (χ2v) is 4.16. The lowest BCUT2D eigenvalue weighted by molar-refractivity contribution is -0.0488. The minimum absolute atomic E-state index is 0.277. The van der Waals surface area contributed by atoms with Crippen molar-refractivity contribution in [2.24, 2.45) is 0 Å². The Morgan fingerprint density at radius 3 is 3.00 bits per heavy atom. The second kappa shape index (κ2) is 5.87. The highest BCUT2D eigenvalue weighted by molar-refractivity contribution is 5.46. The molecule has 1 atom stereocenters. The van der Waals surface area contributed by atoms with E-state index in [2.05, 4.69) is 6.07 Å². The Hall–Kier alpha value is -1.06. The zero-order chi connectivity index (χ0) is 11.2. The Morgan fingerprint density at radius 2 is 2.25 bits per heavy atom. The average molecular weight is 221 g/mol. The Morgan fingerprint density at radius 1 is 1.38 bits per heavy atom. The highest BCUT2D eigenvalue weighted by Gasteiger charge is 2.13. The summed E-state index contributed by atoms with van der Waals surface area (Å²) in [5, 5.41) is 0. The predicted octanol–water partition coefficient (Wildman–Crippen LogP) is 2.01. The number of rotatable bonds is 4. The van der Waals surface area contributed by atoms with Gasteiger partial charge in [0.1, 0.15) is 0 Å². The van der Waals surface area contributed by atoms with Crippen molar-refractivity contribution in [3.63, 3.8) is 0 Å². The third kappa shape index (κ3) is 3.22. The van der Waals surface area contributed by atoms with Crippen LogP contribution in [0, 0.1) is 0 Å². The van der Waals surface area contributed by atoms with Crippen molar-refractivity contribution in [3.8, 4) is 0 Å². The van der Waals surface area contributed by atoms with Crippen LogP contribution in [-0.4, -0.2) is 25.9 Å². The molecule has 1 aliphatic heterocycles. The first kappa shape index (κ1) is 11.4. The van der Waals surface area contributed by atoms with Crippen LogP contribution >= 0.6 is 0 Å². The summed E-state index contributed by atoms with van der Waals surface area (Å²) in [6.45, 7) is 2.35. The van der Waals surface area contributed by atoms with Gasteiger partial charge >= 0.3 is 0 Å². The summed E-state index contributed by atoms with van der Waals surface area (Å²) in [5.41, 5.74) is 7.88. The molecule has 0 aliphatic carbocycles. The van der Waals surface area contributed by atoms with Crippen LogP contribution in [0.25, 0.3) is 0 Å². The van der Waals surface area contributed by atoms with Crippen LogP contribution in [0.1, 0.15) is 18.4 Å². The third-order valence-corrected chi connectivity index (χ3v) is 2.90. The zero-order valence-corrected chi connectivity index (χ0v) is 9.52. The van der Waals surface area contributed by atoms with Gasteiger partial charge in [0.15, 0.2) is 0 Å². The van der Waals surface area contributed by atoms with Crippen molar-refractivity contribution in [2.45, 2.75) is 25.4 Å². The highest BCUT2D eigenvalue weighted by Crippen LogP contribution is 2.13. The molecule has 0 spiro atoms. The molecule has 1 aliphatic rings. The second-order valence-electron chi connectivity index (χ2n) is 4.16. The first-order chi connectivity index (χ1) is 7.86. The molecule has 0 aromatic heterocycles. The maximum Gasteiger partial charge on any atom is 0.0809 e. The molecular formula is C13H19NO2. The number of benzene rings is 1. The highest BCUT2D eigenvalue weighted by atomic mass is 16.5. The lowest BCUT2D eigenvalue weighted by Gasteiger charge is -2.22. The number of para-hydroxylation sites is 1. The van der Waals surface area contributed by atoms with E-state index in [1.165, 1.54) is 5.56 Å². The van der Waals surface area contributed by atoms with Crippen LogP contribution in [0.4, 0.5) is 5.69 Å². The summed E-state index contributed by atoms with van der Waals surface area (Å²) in [7, 11) is 0. The summed E-state index contributed by atoms with van der Waals surface area (Å²) < 4.78 is 11.1. The summed E-state index contributed by atoms with van der Waals surface area (Å²) in [6.07, 6.45) is 3.38. The van der Waals surface area contributed by atoms with Gasteiger partial charge in [0.05, 0.1) is 19.3 Å². The van der Waals surface area contributed by atoms with E-state index < -0.39 is 0 Å². The quantitative estimate of drug-likeness (QED) is 0.791. The van der Waals surface area contributed by atoms with Crippen molar-refractivity contribution in [2.75, 3.05) is 25.6 Å². The van der Waals surface area contributed by atoms with Gasteiger partial charge < -0.3 is 15.2 Å². The summed E-state index contributed by atoms with van der Waals surface area (Å²) in [5.74, 6) is 0. The van der Waals surface area contributed by atoms with E-state index in [1.54, 1.807) is 0 Å². The normalized spacial score (nSPS) is 20.9. The minimum Gasteiger partial charge on any atom is -0.399 e. The minimum atomic E-state index is 0.277. The lowest BCUT2D eigenvalue weighted by Crippen LogP contribution is -2.26. The van der Waals surface area contributed by atoms with E-state index in [0.29, 0.717) is 0 Å². The van der Waals surface area contributed by atoms with E-state index in [9.17, 15) is 0 Å². The van der Waals surface area contributed by atoms with E-state index in [-0.39, 0.29) is 6.10 Å². The fourth-order valence-corrected chi connectivity index (χ4v) is 1.94. The van der Waals surface area contributed by atoms with Crippen molar-refractivity contribution in [1.82, 2.24) is 0 Å². The monoisotopic (exact) mass is 221 g/mol. The number of anilines is 1. The van der Waals surface area contributed by atoms with Crippen LogP contribution < -0.4 is 5.73 Å². The Labute approximate surface area is 96.5 Å². The molecule has 0 radical (unpaired) electrons. The van der Waals surface area contributed by atoms with Crippen molar-refractivity contribution in [1.29, 1.82) is 0 Å². The summed E-state index contributed by atoms with van der Waals surface area (Å²) in [4.78, 5) is 0. The fraction of sp³-hybridized carbons (Fsp3) is 0.538. The summed E-state index contributed by atoms with van der Waals surface area (Å²) >= 11 is 0. The Bertz CT molecular complexity index is 321. The maximum atomic E-state index is 5.86. The number of hydrogen-bond donors (Lipinski definition) is 1. The molecule has 1 fully saturated rings. The van der Waals surface area contributed by atoms with Crippen molar-refractivity contribution in [3.05, 3.63) is 29.8 Å². The molecule has 1 aromatic rings.